The normalized spacial score (nSPS) is 13.7. The van der Waals surface area contributed by atoms with Crippen molar-refractivity contribution in [3.05, 3.63) is 18.0 Å². The molecule has 0 spiro atoms. The van der Waals surface area contributed by atoms with Gasteiger partial charge in [-0.25, -0.2) is 0 Å². The smallest absolute Gasteiger partial charge is 0.273 e. The molecule has 1 atom stereocenters. The molecule has 14 heavy (non-hydrogen) atoms. The highest BCUT2D eigenvalue weighted by atomic mass is 16.5. The summed E-state index contributed by atoms with van der Waals surface area (Å²) in [7, 11) is 0. The molecule has 0 saturated carbocycles. The molecule has 0 aliphatic heterocycles. The Bertz CT molecular complexity index is 304. The van der Waals surface area contributed by atoms with Crippen LogP contribution in [0.5, 0.6) is 0 Å². The van der Waals surface area contributed by atoms with Gasteiger partial charge in [0.2, 0.25) is 0 Å². The highest BCUT2D eigenvalue weighted by molar-refractivity contribution is 5.92. The number of carbonyl (C=O) groups is 1. The first kappa shape index (κ1) is 10.7. The fraction of sp³-hybridized carbons (Fsp3) is 0.556. The number of carbonyl (C=O) groups excluding carboxylic acids is 1. The SMILES string of the molecule is CC(O)C(C)(C)NC(=O)c1ccon1. The third-order valence-electron chi connectivity index (χ3n) is 2.15. The lowest BCUT2D eigenvalue weighted by molar-refractivity contribution is 0.0702. The standard InChI is InChI=1S/C9H14N2O3/c1-6(12)9(2,3)10-8(13)7-4-5-14-11-7/h4-6,12H,1-3H3,(H,10,13). The van der Waals surface area contributed by atoms with E-state index in [0.717, 1.165) is 0 Å². The molecule has 5 nitrogen and oxygen atoms in total. The van der Waals surface area contributed by atoms with Crippen molar-refractivity contribution in [1.29, 1.82) is 0 Å². The summed E-state index contributed by atoms with van der Waals surface area (Å²) in [6.45, 7) is 5.08. The van der Waals surface area contributed by atoms with E-state index in [-0.39, 0.29) is 11.6 Å². The first-order chi connectivity index (χ1) is 6.43. The second-order valence-corrected chi connectivity index (χ2v) is 3.74. The van der Waals surface area contributed by atoms with E-state index in [1.165, 1.54) is 12.3 Å². The third kappa shape index (κ3) is 2.32. The molecule has 1 rings (SSSR count). The Hall–Kier alpha value is -1.36. The Labute approximate surface area is 82.1 Å². The first-order valence-electron chi connectivity index (χ1n) is 4.34. The zero-order valence-electron chi connectivity index (χ0n) is 8.44. The minimum Gasteiger partial charge on any atom is -0.391 e. The van der Waals surface area contributed by atoms with Crippen LogP contribution in [0.25, 0.3) is 0 Å². The lowest BCUT2D eigenvalue weighted by Gasteiger charge is -2.28. The molecule has 0 bridgehead atoms. The van der Waals surface area contributed by atoms with Crippen LogP contribution in [0, 0.1) is 0 Å². The quantitative estimate of drug-likeness (QED) is 0.744. The predicted molar refractivity (Wildman–Crippen MR) is 49.7 cm³/mol. The Morgan fingerprint density at radius 2 is 2.36 bits per heavy atom. The predicted octanol–water partition coefficient (Wildman–Crippen LogP) is 0.564. The summed E-state index contributed by atoms with van der Waals surface area (Å²) < 4.78 is 4.54. The monoisotopic (exact) mass is 198 g/mol. The summed E-state index contributed by atoms with van der Waals surface area (Å²) >= 11 is 0. The fourth-order valence-corrected chi connectivity index (χ4v) is 0.791. The Morgan fingerprint density at radius 3 is 2.79 bits per heavy atom. The number of nitrogens with zero attached hydrogens (tertiary/aromatic N) is 1. The summed E-state index contributed by atoms with van der Waals surface area (Å²) in [5.74, 6) is -0.357. The van der Waals surface area contributed by atoms with E-state index in [2.05, 4.69) is 15.0 Å². The minimum absolute atomic E-state index is 0.207. The maximum Gasteiger partial charge on any atom is 0.273 e. The van der Waals surface area contributed by atoms with Gasteiger partial charge in [0, 0.05) is 6.07 Å². The van der Waals surface area contributed by atoms with E-state index in [4.69, 9.17) is 0 Å². The molecule has 0 aromatic carbocycles. The van der Waals surface area contributed by atoms with Crippen LogP contribution >= 0.6 is 0 Å². The van der Waals surface area contributed by atoms with Gasteiger partial charge >= 0.3 is 0 Å². The Morgan fingerprint density at radius 1 is 1.71 bits per heavy atom. The van der Waals surface area contributed by atoms with E-state index in [0.29, 0.717) is 0 Å². The van der Waals surface area contributed by atoms with E-state index in [9.17, 15) is 9.90 Å². The second-order valence-electron chi connectivity index (χ2n) is 3.74. The molecular formula is C9H14N2O3. The van der Waals surface area contributed by atoms with E-state index >= 15 is 0 Å². The number of aliphatic hydroxyl groups excluding tert-OH is 1. The summed E-state index contributed by atoms with van der Waals surface area (Å²) in [5, 5.41) is 15.5. The van der Waals surface area contributed by atoms with Crippen molar-refractivity contribution in [1.82, 2.24) is 10.5 Å². The van der Waals surface area contributed by atoms with Crippen molar-refractivity contribution in [2.75, 3.05) is 0 Å². The molecule has 0 radical (unpaired) electrons. The first-order valence-corrected chi connectivity index (χ1v) is 4.34. The van der Waals surface area contributed by atoms with E-state index in [1.54, 1.807) is 20.8 Å². The maximum atomic E-state index is 11.5. The van der Waals surface area contributed by atoms with Crippen LogP contribution in [-0.2, 0) is 0 Å². The third-order valence-corrected chi connectivity index (χ3v) is 2.15. The van der Waals surface area contributed by atoms with Crippen molar-refractivity contribution in [2.24, 2.45) is 0 Å². The van der Waals surface area contributed by atoms with Crippen molar-refractivity contribution in [2.45, 2.75) is 32.4 Å². The molecule has 0 aliphatic rings. The largest absolute Gasteiger partial charge is 0.391 e. The summed E-state index contributed by atoms with van der Waals surface area (Å²) in [6, 6.07) is 1.47. The summed E-state index contributed by atoms with van der Waals surface area (Å²) in [6.07, 6.45) is 0.683. The number of amides is 1. The number of rotatable bonds is 3. The van der Waals surface area contributed by atoms with Gasteiger partial charge in [0.1, 0.15) is 6.26 Å². The van der Waals surface area contributed by atoms with Crippen LogP contribution < -0.4 is 5.32 Å². The van der Waals surface area contributed by atoms with Crippen molar-refractivity contribution in [3.8, 4) is 0 Å². The van der Waals surface area contributed by atoms with Gasteiger partial charge in [0.25, 0.3) is 5.91 Å². The van der Waals surface area contributed by atoms with Crippen molar-refractivity contribution < 1.29 is 14.4 Å². The molecule has 1 heterocycles. The van der Waals surface area contributed by atoms with Crippen LogP contribution in [0.15, 0.2) is 16.9 Å². The molecule has 1 amide bonds. The van der Waals surface area contributed by atoms with Crippen LogP contribution in [0.3, 0.4) is 0 Å². The van der Waals surface area contributed by atoms with Crippen LogP contribution in [0.2, 0.25) is 0 Å². The maximum absolute atomic E-state index is 11.5. The zero-order chi connectivity index (χ0) is 10.8. The molecular weight excluding hydrogens is 184 g/mol. The van der Waals surface area contributed by atoms with Crippen LogP contribution in [0.4, 0.5) is 0 Å². The molecule has 0 fully saturated rings. The lowest BCUT2D eigenvalue weighted by Crippen LogP contribution is -2.51. The minimum atomic E-state index is -0.684. The second kappa shape index (κ2) is 3.79. The number of hydrogen-bond acceptors (Lipinski definition) is 4. The van der Waals surface area contributed by atoms with E-state index < -0.39 is 11.6 Å². The zero-order valence-corrected chi connectivity index (χ0v) is 8.44. The molecule has 1 aromatic heterocycles. The van der Waals surface area contributed by atoms with Gasteiger partial charge < -0.3 is 14.9 Å². The molecule has 78 valence electrons. The van der Waals surface area contributed by atoms with Gasteiger partial charge in [-0.1, -0.05) is 5.16 Å². The van der Waals surface area contributed by atoms with Gasteiger partial charge in [-0.3, -0.25) is 4.79 Å². The summed E-state index contributed by atoms with van der Waals surface area (Å²) in [4.78, 5) is 11.5. The average molecular weight is 198 g/mol. The number of aliphatic hydroxyl groups is 1. The Balaban J connectivity index is 2.66. The molecule has 1 aromatic rings. The summed E-state index contributed by atoms with van der Waals surface area (Å²) in [5.41, 5.74) is -0.477. The molecule has 0 aliphatic carbocycles. The van der Waals surface area contributed by atoms with Gasteiger partial charge in [-0.2, -0.15) is 0 Å². The number of nitrogens with one attached hydrogen (secondary N) is 1. The molecule has 5 heteroatoms. The van der Waals surface area contributed by atoms with Crippen LogP contribution in [-0.4, -0.2) is 27.8 Å². The average Bonchev–Trinajstić information content (AvgIpc) is 2.54. The van der Waals surface area contributed by atoms with Gasteiger partial charge in [-0.15, -0.1) is 0 Å². The van der Waals surface area contributed by atoms with Gasteiger partial charge in [0.15, 0.2) is 5.69 Å². The topological polar surface area (TPSA) is 75.4 Å². The van der Waals surface area contributed by atoms with Crippen molar-refractivity contribution >= 4 is 5.91 Å². The van der Waals surface area contributed by atoms with Gasteiger partial charge in [-0.05, 0) is 20.8 Å². The fourth-order valence-electron chi connectivity index (χ4n) is 0.791. The number of hydrogen-bond donors (Lipinski definition) is 2. The molecule has 1 unspecified atom stereocenters. The highest BCUT2D eigenvalue weighted by Gasteiger charge is 2.27. The van der Waals surface area contributed by atoms with E-state index in [1.807, 2.05) is 0 Å². The molecule has 2 N–H and O–H groups in total. The highest BCUT2D eigenvalue weighted by Crippen LogP contribution is 2.09. The Kier molecular flexibility index (Phi) is 2.90. The number of aromatic nitrogens is 1. The van der Waals surface area contributed by atoms with Crippen LogP contribution in [0.1, 0.15) is 31.3 Å². The van der Waals surface area contributed by atoms with Gasteiger partial charge in [0.05, 0.1) is 11.6 Å². The van der Waals surface area contributed by atoms with Crippen molar-refractivity contribution in [3.63, 3.8) is 0 Å². The lowest BCUT2D eigenvalue weighted by atomic mass is 9.99. The molecule has 0 saturated heterocycles.